The van der Waals surface area contributed by atoms with Crippen LogP contribution in [0.15, 0.2) is 53.4 Å². The number of rotatable bonds is 7. The summed E-state index contributed by atoms with van der Waals surface area (Å²) >= 11 is 0. The van der Waals surface area contributed by atoms with Crippen LogP contribution >= 0.6 is 0 Å². The number of nitrogens with zero attached hydrogens (tertiary/aromatic N) is 1. The summed E-state index contributed by atoms with van der Waals surface area (Å²) in [6.07, 6.45) is 5.07. The third kappa shape index (κ3) is 9.01. The molecule has 15 nitrogen and oxygen atoms in total. The summed E-state index contributed by atoms with van der Waals surface area (Å²) in [7, 11) is 1.42. The van der Waals surface area contributed by atoms with E-state index in [1.165, 1.54) is 53.2 Å². The van der Waals surface area contributed by atoms with Crippen molar-refractivity contribution in [1.82, 2.24) is 0 Å². The van der Waals surface area contributed by atoms with Crippen LogP contribution in [0.1, 0.15) is 83.3 Å². The van der Waals surface area contributed by atoms with Crippen molar-refractivity contribution in [3.63, 3.8) is 0 Å². The van der Waals surface area contributed by atoms with E-state index in [2.05, 4.69) is 17.1 Å². The summed E-state index contributed by atoms with van der Waals surface area (Å²) < 4.78 is 23.5. The number of carbonyl (C=O) groups is 3. The van der Waals surface area contributed by atoms with Gasteiger partial charge in [-0.3, -0.25) is 14.4 Å². The van der Waals surface area contributed by atoms with E-state index in [9.17, 15) is 39.9 Å². The first-order valence-corrected chi connectivity index (χ1v) is 19.1. The Hall–Kier alpha value is -5.38. The number of fused-ring (bicyclic) bond motifs is 14. The number of aliphatic hydroxyl groups is 2. The molecule has 0 fully saturated rings. The van der Waals surface area contributed by atoms with Crippen LogP contribution in [0.2, 0.25) is 0 Å². The Kier molecular flexibility index (Phi) is 14.4. The molecule has 58 heavy (non-hydrogen) atoms. The van der Waals surface area contributed by atoms with E-state index >= 15 is 0 Å². The molecule has 0 aromatic heterocycles. The Bertz CT molecular complexity index is 2050. The Morgan fingerprint density at radius 1 is 1.00 bits per heavy atom. The average Bonchev–Trinajstić information content (AvgIpc) is 3.45. The molecule has 316 valence electrons. The predicted molar refractivity (Wildman–Crippen MR) is 217 cm³/mol. The Morgan fingerprint density at radius 2 is 1.67 bits per heavy atom. The topological polar surface area (TPSA) is 223 Å². The summed E-state index contributed by atoms with van der Waals surface area (Å²) in [5.41, 5.74) is 0.0454. The van der Waals surface area contributed by atoms with Crippen LogP contribution in [0.5, 0.6) is 23.0 Å². The molecule has 2 aromatic carbocycles. The molecule has 0 radical (unpaired) electrons. The van der Waals surface area contributed by atoms with Crippen LogP contribution in [0.3, 0.4) is 0 Å². The number of aromatic hydroxyl groups is 3. The van der Waals surface area contributed by atoms with E-state index in [0.717, 1.165) is 6.21 Å². The maximum atomic E-state index is 14.3. The van der Waals surface area contributed by atoms with Crippen LogP contribution in [0.25, 0.3) is 10.8 Å². The molecule has 0 saturated heterocycles. The van der Waals surface area contributed by atoms with Crippen LogP contribution in [0.4, 0.5) is 5.69 Å². The summed E-state index contributed by atoms with van der Waals surface area (Å²) in [5.74, 6) is -8.72. The van der Waals surface area contributed by atoms with Crippen LogP contribution in [-0.4, -0.2) is 93.3 Å². The maximum Gasteiger partial charge on any atom is 0.312 e. The quantitative estimate of drug-likeness (QED) is 0.0467. The molecule has 0 saturated carbocycles. The molecule has 3 aliphatic heterocycles. The Morgan fingerprint density at radius 3 is 2.29 bits per heavy atom. The number of hydrogen-bond donors (Lipinski definition) is 6. The number of amides is 1. The van der Waals surface area contributed by atoms with Gasteiger partial charge in [0.2, 0.25) is 0 Å². The van der Waals surface area contributed by atoms with Crippen molar-refractivity contribution >= 4 is 40.3 Å². The van der Waals surface area contributed by atoms with Crippen LogP contribution in [-0.2, 0) is 28.6 Å². The zero-order chi connectivity index (χ0) is 43.4. The van der Waals surface area contributed by atoms with Gasteiger partial charge in [0.1, 0.15) is 30.0 Å². The van der Waals surface area contributed by atoms with E-state index in [-0.39, 0.29) is 51.1 Å². The van der Waals surface area contributed by atoms with E-state index in [4.69, 9.17) is 23.8 Å². The van der Waals surface area contributed by atoms with Gasteiger partial charge >= 0.3 is 11.8 Å². The minimum atomic E-state index is -2.07. The molecular formula is C43H56N2O13. The second-order valence-corrected chi connectivity index (χ2v) is 15.2. The number of Topliss-reactive ketones (excluding diaryl/α,β-unsaturated/α-hetero) is 1. The fourth-order valence-corrected chi connectivity index (χ4v) is 7.19. The monoisotopic (exact) mass is 808 g/mol. The van der Waals surface area contributed by atoms with E-state index in [0.29, 0.717) is 12.0 Å². The van der Waals surface area contributed by atoms with Gasteiger partial charge in [0, 0.05) is 61.2 Å². The van der Waals surface area contributed by atoms with E-state index in [1.54, 1.807) is 39.8 Å². The number of esters is 1. The van der Waals surface area contributed by atoms with E-state index in [1.807, 2.05) is 6.92 Å². The SMILES string of the molecule is C=C(CC)CO/N=C/c1c2c(O)c3c(O)c(C)c4c(c3c1O)C(=O)C(C)(O/C=C/C(OC)C(C)C(OC(C)=O)C(C)C(O)C(C)C(O)C(C)/C=C/C=C(/C)C(=O)N2)O4. The summed E-state index contributed by atoms with van der Waals surface area (Å²) in [4.78, 5) is 45.6. The molecule has 6 N–H and O–H groups in total. The number of phenols is 3. The lowest BCUT2D eigenvalue weighted by atomic mass is 9.78. The molecule has 3 aliphatic rings. The average molecular weight is 809 g/mol. The highest BCUT2D eigenvalue weighted by atomic mass is 16.7. The number of hydrogen-bond acceptors (Lipinski definition) is 14. The lowest BCUT2D eigenvalue weighted by molar-refractivity contribution is -0.160. The number of oxime groups is 1. The molecule has 9 unspecified atom stereocenters. The first kappa shape index (κ1) is 45.3. The molecule has 5 bridgehead atoms. The molecule has 3 heterocycles. The number of anilines is 1. The minimum absolute atomic E-state index is 0.0272. The summed E-state index contributed by atoms with van der Waals surface area (Å²) in [5, 5.41) is 63.8. The second kappa shape index (κ2) is 18.5. The fraction of sp³-hybridized carbons (Fsp3) is 0.488. The van der Waals surface area contributed by atoms with Crippen molar-refractivity contribution in [2.45, 2.75) is 98.9 Å². The van der Waals surface area contributed by atoms with Gasteiger partial charge in [-0.05, 0) is 31.9 Å². The number of benzene rings is 2. The van der Waals surface area contributed by atoms with Gasteiger partial charge in [-0.15, -0.1) is 0 Å². The van der Waals surface area contributed by atoms with Crippen molar-refractivity contribution in [2.75, 3.05) is 19.0 Å². The molecule has 0 aliphatic carbocycles. The van der Waals surface area contributed by atoms with Gasteiger partial charge < -0.3 is 54.6 Å². The second-order valence-electron chi connectivity index (χ2n) is 15.2. The third-order valence-electron chi connectivity index (χ3n) is 11.1. The smallest absolute Gasteiger partial charge is 0.312 e. The number of aliphatic hydroxyl groups excluding tert-OH is 2. The predicted octanol–water partition coefficient (Wildman–Crippen LogP) is 6.07. The minimum Gasteiger partial charge on any atom is -0.507 e. The molecular weight excluding hydrogens is 752 g/mol. The Labute approximate surface area is 338 Å². The zero-order valence-electron chi connectivity index (χ0n) is 34.7. The maximum absolute atomic E-state index is 14.3. The van der Waals surface area contributed by atoms with E-state index < -0.39 is 88.8 Å². The Balaban J connectivity index is 1.97. The number of ketones is 1. The van der Waals surface area contributed by atoms with Crippen molar-refractivity contribution in [3.8, 4) is 23.0 Å². The van der Waals surface area contributed by atoms with Gasteiger partial charge in [0.05, 0.1) is 53.0 Å². The molecule has 15 heteroatoms. The lowest BCUT2D eigenvalue weighted by Crippen LogP contribution is -2.46. The zero-order valence-corrected chi connectivity index (χ0v) is 34.7. The molecule has 9 atom stereocenters. The molecule has 0 spiro atoms. The first-order chi connectivity index (χ1) is 27.2. The number of methoxy groups -OCH3 is 1. The highest BCUT2D eigenvalue weighted by Gasteiger charge is 2.50. The van der Waals surface area contributed by atoms with Crippen molar-refractivity contribution < 1.29 is 63.7 Å². The number of ether oxygens (including phenoxy) is 4. The van der Waals surface area contributed by atoms with Gasteiger partial charge in [-0.2, -0.15) is 0 Å². The lowest BCUT2D eigenvalue weighted by Gasteiger charge is -2.38. The highest BCUT2D eigenvalue weighted by molar-refractivity contribution is 6.23. The standard InChI is InChI=1S/C43H56N2O13/c1-12-20(2)19-56-44-18-28-33-38(51)31-30(37(28)50)32-40(26(8)36(31)49)58-43(10,41(32)52)55-17-16-29(54-11)23(5)39(57-27(9)46)25(7)35(48)24(6)34(47)21(3)14-13-15-22(4)42(53)45-33/h13-18,21,23-25,29,34-35,39,47-51H,2,12,19H2,1,3-11H3,(H,45,53)/b14-13+,17-16+,22-15-,44-18+. The van der Waals surface area contributed by atoms with Gasteiger partial charge in [0.15, 0.2) is 5.75 Å². The van der Waals surface area contributed by atoms with Crippen molar-refractivity contribution in [1.29, 1.82) is 0 Å². The third-order valence-corrected chi connectivity index (χ3v) is 11.1. The van der Waals surface area contributed by atoms with Crippen molar-refractivity contribution in [3.05, 3.63) is 65.0 Å². The van der Waals surface area contributed by atoms with Crippen LogP contribution in [0, 0.1) is 30.6 Å². The van der Waals surface area contributed by atoms with Gasteiger partial charge in [-0.1, -0.05) is 64.6 Å². The summed E-state index contributed by atoms with van der Waals surface area (Å²) in [6, 6.07) is 0. The fourth-order valence-electron chi connectivity index (χ4n) is 7.19. The number of allylic oxidation sites excluding steroid dienone is 2. The molecule has 1 amide bonds. The number of nitrogens with one attached hydrogen (secondary N) is 1. The summed E-state index contributed by atoms with van der Waals surface area (Å²) in [6.45, 7) is 18.2. The number of phenolic OH excluding ortho intramolecular Hbond substituents is 3. The largest absolute Gasteiger partial charge is 0.507 e. The molecule has 5 rings (SSSR count). The normalized spacial score (nSPS) is 30.3. The van der Waals surface area contributed by atoms with Crippen molar-refractivity contribution in [2.24, 2.45) is 28.8 Å². The molecule has 2 aromatic rings. The first-order valence-electron chi connectivity index (χ1n) is 19.1. The highest BCUT2D eigenvalue weighted by Crippen LogP contribution is 2.55. The van der Waals surface area contributed by atoms with Gasteiger partial charge in [0.25, 0.3) is 11.7 Å². The van der Waals surface area contributed by atoms with Crippen LogP contribution < -0.4 is 10.1 Å². The van der Waals surface area contributed by atoms with Gasteiger partial charge in [-0.25, -0.2) is 0 Å². The number of carbonyl (C=O) groups excluding carboxylic acids is 3.